The zero-order valence-electron chi connectivity index (χ0n) is 18.6. The van der Waals surface area contributed by atoms with Crippen molar-refractivity contribution in [2.45, 2.75) is 77.7 Å². The van der Waals surface area contributed by atoms with Crippen LogP contribution in [0.25, 0.3) is 27.6 Å². The summed E-state index contributed by atoms with van der Waals surface area (Å²) in [6, 6.07) is 15.7. The maximum absolute atomic E-state index is 5.25. The molecule has 0 fully saturated rings. The lowest BCUT2D eigenvalue weighted by molar-refractivity contribution is -0.726. The summed E-state index contributed by atoms with van der Waals surface area (Å²) >= 11 is 0. The molecule has 0 amide bonds. The van der Waals surface area contributed by atoms with Gasteiger partial charge in [-0.15, -0.1) is 0 Å². The van der Waals surface area contributed by atoms with Crippen LogP contribution in [0, 0.1) is 0 Å². The molecule has 3 heteroatoms. The molecule has 3 heterocycles. The Morgan fingerprint density at radius 2 is 1.72 bits per heavy atom. The minimum absolute atomic E-state index is 0.0491. The van der Waals surface area contributed by atoms with Crippen molar-refractivity contribution in [3.05, 3.63) is 53.9 Å². The predicted molar refractivity (Wildman–Crippen MR) is 121 cm³/mol. The topological polar surface area (TPSA) is 21.2 Å². The van der Waals surface area contributed by atoms with E-state index in [1.165, 1.54) is 27.6 Å². The number of fused-ring (bicyclic) bond motifs is 3. The Morgan fingerprint density at radius 3 is 2.38 bits per heavy atom. The third kappa shape index (κ3) is 2.19. The third-order valence-electron chi connectivity index (χ3n) is 7.30. The van der Waals surface area contributed by atoms with Crippen molar-refractivity contribution in [2.24, 2.45) is 0 Å². The second-order valence-corrected chi connectivity index (χ2v) is 9.68. The number of rotatable bonds is 3. The van der Waals surface area contributed by atoms with E-state index in [0.29, 0.717) is 5.92 Å². The van der Waals surface area contributed by atoms with Crippen LogP contribution >= 0.6 is 0 Å². The maximum Gasteiger partial charge on any atom is 0.299 e. The largest absolute Gasteiger partial charge is 0.299 e. The highest BCUT2D eigenvalue weighted by Crippen LogP contribution is 2.47. The number of hydrogen-bond acceptors (Lipinski definition) is 1. The number of benzene rings is 2. The van der Waals surface area contributed by atoms with E-state index in [1.54, 1.807) is 0 Å². The van der Waals surface area contributed by atoms with Crippen molar-refractivity contribution < 1.29 is 4.57 Å². The summed E-state index contributed by atoms with van der Waals surface area (Å²) in [4.78, 5) is 5.25. The zero-order chi connectivity index (χ0) is 20.6. The molecule has 29 heavy (non-hydrogen) atoms. The molecule has 1 aliphatic heterocycles. The van der Waals surface area contributed by atoms with Crippen LogP contribution in [0.1, 0.15) is 78.1 Å². The fraction of sp³-hybridized carbons (Fsp3) is 0.462. The molecule has 0 saturated carbocycles. The molecular formula is C26H32N3+. The molecule has 0 aliphatic carbocycles. The van der Waals surface area contributed by atoms with Crippen molar-refractivity contribution in [1.29, 1.82) is 0 Å². The molecule has 1 aliphatic rings. The summed E-state index contributed by atoms with van der Waals surface area (Å²) in [6.07, 6.45) is 3.39. The van der Waals surface area contributed by atoms with Crippen LogP contribution in [0.15, 0.2) is 42.5 Å². The molecule has 1 atom stereocenters. The van der Waals surface area contributed by atoms with Crippen molar-refractivity contribution in [3.63, 3.8) is 0 Å². The summed E-state index contributed by atoms with van der Waals surface area (Å²) in [5, 5.41) is 1.35. The van der Waals surface area contributed by atoms with E-state index in [1.807, 2.05) is 0 Å². The van der Waals surface area contributed by atoms with Gasteiger partial charge in [0.2, 0.25) is 5.82 Å². The second kappa shape index (κ2) is 6.04. The third-order valence-corrected chi connectivity index (χ3v) is 7.30. The molecule has 4 aromatic rings. The average Bonchev–Trinajstić information content (AvgIpc) is 3.07. The lowest BCUT2D eigenvalue weighted by Gasteiger charge is -2.40. The molecule has 1 unspecified atom stereocenters. The Balaban J connectivity index is 2.17. The molecule has 0 bridgehead atoms. The van der Waals surface area contributed by atoms with Crippen LogP contribution in [0.3, 0.4) is 0 Å². The minimum Gasteiger partial charge on any atom is -0.216 e. The number of hydrogen-bond donors (Lipinski definition) is 0. The van der Waals surface area contributed by atoms with Gasteiger partial charge in [0.1, 0.15) is 5.54 Å². The smallest absolute Gasteiger partial charge is 0.216 e. The highest BCUT2D eigenvalue weighted by molar-refractivity contribution is 5.97. The van der Waals surface area contributed by atoms with Gasteiger partial charge in [-0.25, -0.2) is 9.55 Å². The predicted octanol–water partition coefficient (Wildman–Crippen LogP) is 6.25. The van der Waals surface area contributed by atoms with Gasteiger partial charge in [-0.2, -0.15) is 4.40 Å². The normalized spacial score (nSPS) is 18.3. The van der Waals surface area contributed by atoms with Crippen molar-refractivity contribution in [2.75, 3.05) is 0 Å². The average molecular weight is 387 g/mol. The first-order valence-electron chi connectivity index (χ1n) is 11.2. The number of aromatic nitrogens is 3. The Morgan fingerprint density at radius 1 is 1.00 bits per heavy atom. The van der Waals surface area contributed by atoms with Gasteiger partial charge in [0, 0.05) is 11.3 Å². The quantitative estimate of drug-likeness (QED) is 0.381. The molecule has 0 saturated heterocycles. The first-order chi connectivity index (χ1) is 13.9. The first-order valence-corrected chi connectivity index (χ1v) is 11.2. The Kier molecular flexibility index (Phi) is 3.87. The van der Waals surface area contributed by atoms with Gasteiger partial charge in [0.05, 0.1) is 10.9 Å². The van der Waals surface area contributed by atoms with Crippen molar-refractivity contribution >= 4 is 27.6 Å². The van der Waals surface area contributed by atoms with Gasteiger partial charge in [-0.1, -0.05) is 65.8 Å². The Hall–Kier alpha value is -2.42. The Labute approximate surface area is 173 Å². The van der Waals surface area contributed by atoms with Gasteiger partial charge in [0.15, 0.2) is 11.0 Å². The summed E-state index contributed by atoms with van der Waals surface area (Å²) in [5.41, 5.74) is 6.60. The van der Waals surface area contributed by atoms with E-state index in [4.69, 9.17) is 4.98 Å². The molecule has 5 rings (SSSR count). The Bertz CT molecular complexity index is 1250. The lowest BCUT2D eigenvalue weighted by atomic mass is 9.71. The van der Waals surface area contributed by atoms with Gasteiger partial charge < -0.3 is 0 Å². The zero-order valence-corrected chi connectivity index (χ0v) is 18.6. The van der Waals surface area contributed by atoms with Crippen LogP contribution in [-0.2, 0) is 11.0 Å². The number of nitrogens with zero attached hydrogens (tertiary/aromatic N) is 3. The molecule has 3 nitrogen and oxygen atoms in total. The minimum atomic E-state index is -0.0491. The van der Waals surface area contributed by atoms with Crippen molar-refractivity contribution in [3.8, 4) is 0 Å². The summed E-state index contributed by atoms with van der Waals surface area (Å²) < 4.78 is 5.16. The second-order valence-electron chi connectivity index (χ2n) is 9.68. The van der Waals surface area contributed by atoms with Crippen LogP contribution in [-0.4, -0.2) is 9.38 Å². The van der Waals surface area contributed by atoms with E-state index in [9.17, 15) is 0 Å². The summed E-state index contributed by atoms with van der Waals surface area (Å²) in [6.45, 7) is 13.9. The van der Waals surface area contributed by atoms with E-state index in [0.717, 1.165) is 30.6 Å². The molecular weight excluding hydrogens is 354 g/mol. The van der Waals surface area contributed by atoms with Gasteiger partial charge in [-0.3, -0.25) is 0 Å². The fourth-order valence-corrected chi connectivity index (χ4v) is 6.02. The summed E-state index contributed by atoms with van der Waals surface area (Å²) in [7, 11) is 0. The SMILES string of the molecule is CCC1c2cccc3nc(C(C)(C)C)n4c5ccccc5[n+](c4c23)C1(CC)CC. The van der Waals surface area contributed by atoms with E-state index in [-0.39, 0.29) is 11.0 Å². The molecule has 0 N–H and O–H groups in total. The number of para-hydroxylation sites is 2. The highest BCUT2D eigenvalue weighted by atomic mass is 15.2. The van der Waals surface area contributed by atoms with Crippen LogP contribution in [0.2, 0.25) is 0 Å². The molecule has 2 aromatic heterocycles. The molecule has 150 valence electrons. The van der Waals surface area contributed by atoms with Crippen molar-refractivity contribution in [1.82, 2.24) is 9.38 Å². The van der Waals surface area contributed by atoms with Gasteiger partial charge in [0.25, 0.3) is 5.65 Å². The fourth-order valence-electron chi connectivity index (χ4n) is 6.02. The van der Waals surface area contributed by atoms with Crippen LogP contribution < -0.4 is 4.57 Å². The monoisotopic (exact) mass is 386 g/mol. The van der Waals surface area contributed by atoms with E-state index >= 15 is 0 Å². The molecule has 0 radical (unpaired) electrons. The standard InChI is InChI=1S/C26H32N3/c1-7-18-17-13-12-14-19-22(17)23-28(24(27-19)25(4,5)6)20-15-10-11-16-21(20)29(23)26(18,8-2)9-3/h10-16,18H,7-9H2,1-6H3/q+1. The van der Waals surface area contributed by atoms with Gasteiger partial charge >= 0.3 is 0 Å². The van der Waals surface area contributed by atoms with E-state index in [2.05, 4.69) is 93.0 Å². The summed E-state index contributed by atoms with van der Waals surface area (Å²) in [5.74, 6) is 1.64. The lowest BCUT2D eigenvalue weighted by Crippen LogP contribution is -2.60. The first kappa shape index (κ1) is 18.6. The highest BCUT2D eigenvalue weighted by Gasteiger charge is 2.50. The molecule has 2 aromatic carbocycles. The number of imidazole rings is 1. The molecule has 0 spiro atoms. The van der Waals surface area contributed by atoms with Crippen LogP contribution in [0.4, 0.5) is 0 Å². The van der Waals surface area contributed by atoms with Crippen LogP contribution in [0.5, 0.6) is 0 Å². The van der Waals surface area contributed by atoms with E-state index < -0.39 is 0 Å². The maximum atomic E-state index is 5.25. The van der Waals surface area contributed by atoms with Gasteiger partial charge in [-0.05, 0) is 43.0 Å².